The summed E-state index contributed by atoms with van der Waals surface area (Å²) < 4.78 is 0. The van der Waals surface area contributed by atoms with Gasteiger partial charge in [-0.2, -0.15) is 0 Å². The predicted octanol–water partition coefficient (Wildman–Crippen LogP) is 3.49. The van der Waals surface area contributed by atoms with Crippen LogP contribution < -0.4 is 5.32 Å². The topological polar surface area (TPSA) is 12.0 Å². The Hall–Kier alpha value is -1.26. The zero-order valence-corrected chi connectivity index (χ0v) is 11.6. The number of terminal acetylenes is 1. The fourth-order valence-corrected chi connectivity index (χ4v) is 1.50. The minimum Gasteiger partial charge on any atom is -0.298 e. The summed E-state index contributed by atoms with van der Waals surface area (Å²) in [7, 11) is 0. The van der Waals surface area contributed by atoms with Crippen molar-refractivity contribution in [3.8, 4) is 12.3 Å². The van der Waals surface area contributed by atoms with Crippen molar-refractivity contribution in [3.63, 3.8) is 0 Å². The van der Waals surface area contributed by atoms with Crippen molar-refractivity contribution >= 4 is 0 Å². The summed E-state index contributed by atoms with van der Waals surface area (Å²) in [6, 6.07) is 8.72. The van der Waals surface area contributed by atoms with Gasteiger partial charge < -0.3 is 0 Å². The molecule has 0 bridgehead atoms. The van der Waals surface area contributed by atoms with Gasteiger partial charge in [0.1, 0.15) is 0 Å². The van der Waals surface area contributed by atoms with Gasteiger partial charge in [-0.15, -0.1) is 6.42 Å². The van der Waals surface area contributed by atoms with E-state index in [-0.39, 0.29) is 11.0 Å². The van der Waals surface area contributed by atoms with Crippen molar-refractivity contribution in [1.82, 2.24) is 5.32 Å². The molecule has 0 saturated carbocycles. The average molecular weight is 229 g/mol. The van der Waals surface area contributed by atoms with Crippen LogP contribution in [0.1, 0.15) is 45.7 Å². The van der Waals surface area contributed by atoms with Gasteiger partial charge in [-0.25, -0.2) is 0 Å². The first kappa shape index (κ1) is 13.8. The third-order valence-corrected chi connectivity index (χ3v) is 2.92. The Morgan fingerprint density at radius 1 is 1.06 bits per heavy atom. The Morgan fingerprint density at radius 3 is 2.00 bits per heavy atom. The molecule has 1 heteroatoms. The fraction of sp³-hybridized carbons (Fsp3) is 0.500. The van der Waals surface area contributed by atoms with E-state index >= 15 is 0 Å². The van der Waals surface area contributed by atoms with E-state index in [1.54, 1.807) is 0 Å². The van der Waals surface area contributed by atoms with Crippen molar-refractivity contribution in [3.05, 3.63) is 35.4 Å². The van der Waals surface area contributed by atoms with Crippen LogP contribution in [0.25, 0.3) is 0 Å². The van der Waals surface area contributed by atoms with Crippen LogP contribution in [0.4, 0.5) is 0 Å². The first-order valence-electron chi connectivity index (χ1n) is 6.07. The van der Waals surface area contributed by atoms with Gasteiger partial charge in [-0.3, -0.25) is 5.32 Å². The van der Waals surface area contributed by atoms with Gasteiger partial charge in [-0.05, 0) is 30.4 Å². The molecule has 0 radical (unpaired) electrons. The molecule has 0 spiro atoms. The van der Waals surface area contributed by atoms with E-state index in [1.165, 1.54) is 11.1 Å². The lowest BCUT2D eigenvalue weighted by molar-refractivity contribution is 0.490. The van der Waals surface area contributed by atoms with Crippen LogP contribution in [0, 0.1) is 12.3 Å². The molecule has 0 atom stereocenters. The molecule has 1 rings (SSSR count). The molecule has 1 N–H and O–H groups in total. The minimum atomic E-state index is -0.247. The van der Waals surface area contributed by atoms with Crippen LogP contribution in [0.15, 0.2) is 24.3 Å². The third kappa shape index (κ3) is 4.24. The van der Waals surface area contributed by atoms with E-state index in [9.17, 15) is 0 Å². The van der Waals surface area contributed by atoms with Crippen molar-refractivity contribution in [2.75, 3.05) is 0 Å². The molecule has 1 aromatic carbocycles. The van der Waals surface area contributed by atoms with Crippen LogP contribution in [0.5, 0.6) is 0 Å². The molecule has 17 heavy (non-hydrogen) atoms. The van der Waals surface area contributed by atoms with E-state index in [2.05, 4.69) is 56.3 Å². The molecule has 92 valence electrons. The highest BCUT2D eigenvalue weighted by atomic mass is 14.9. The Balaban J connectivity index is 2.68. The van der Waals surface area contributed by atoms with Gasteiger partial charge in [0.2, 0.25) is 0 Å². The maximum atomic E-state index is 5.44. The summed E-state index contributed by atoms with van der Waals surface area (Å²) in [5.74, 6) is 2.74. The van der Waals surface area contributed by atoms with Gasteiger partial charge in [0, 0.05) is 6.54 Å². The van der Waals surface area contributed by atoms with Gasteiger partial charge in [0.15, 0.2) is 0 Å². The van der Waals surface area contributed by atoms with E-state index < -0.39 is 0 Å². The second-order valence-electron chi connectivity index (χ2n) is 6.07. The van der Waals surface area contributed by atoms with Gasteiger partial charge in [0.25, 0.3) is 0 Å². The molecule has 0 heterocycles. The second kappa shape index (κ2) is 4.94. The second-order valence-corrected chi connectivity index (χ2v) is 6.07. The van der Waals surface area contributed by atoms with E-state index in [1.807, 2.05) is 13.8 Å². The van der Waals surface area contributed by atoms with Gasteiger partial charge >= 0.3 is 0 Å². The van der Waals surface area contributed by atoms with Crippen LogP contribution in [0.3, 0.4) is 0 Å². The molecule has 0 aliphatic carbocycles. The summed E-state index contributed by atoms with van der Waals surface area (Å²) in [6.45, 7) is 11.5. The Kier molecular flexibility index (Phi) is 4.01. The Bertz CT molecular complexity index is 399. The summed E-state index contributed by atoms with van der Waals surface area (Å²) >= 11 is 0. The van der Waals surface area contributed by atoms with Gasteiger partial charge in [-0.1, -0.05) is 51.0 Å². The first-order valence-corrected chi connectivity index (χ1v) is 6.07. The largest absolute Gasteiger partial charge is 0.298 e. The minimum absolute atomic E-state index is 0.212. The van der Waals surface area contributed by atoms with E-state index in [0.29, 0.717) is 0 Å². The zero-order chi connectivity index (χ0) is 13.1. The summed E-state index contributed by atoms with van der Waals surface area (Å²) in [5.41, 5.74) is 2.59. The van der Waals surface area contributed by atoms with E-state index in [4.69, 9.17) is 6.42 Å². The number of hydrogen-bond acceptors (Lipinski definition) is 1. The quantitative estimate of drug-likeness (QED) is 0.782. The molecule has 0 aliphatic rings. The number of rotatable bonds is 3. The SMILES string of the molecule is C#CC(C)(C)NCc1ccc(C(C)(C)C)cc1. The van der Waals surface area contributed by atoms with Gasteiger partial charge in [0.05, 0.1) is 5.54 Å². The van der Waals surface area contributed by atoms with Crippen molar-refractivity contribution < 1.29 is 0 Å². The summed E-state index contributed by atoms with van der Waals surface area (Å²) in [4.78, 5) is 0. The molecule has 1 aromatic rings. The van der Waals surface area contributed by atoms with Crippen LogP contribution in [0.2, 0.25) is 0 Å². The summed E-state index contributed by atoms with van der Waals surface area (Å²) in [6.07, 6.45) is 5.44. The van der Waals surface area contributed by atoms with E-state index in [0.717, 1.165) is 6.54 Å². The highest BCUT2D eigenvalue weighted by Crippen LogP contribution is 2.22. The average Bonchev–Trinajstić information content (AvgIpc) is 2.26. The highest BCUT2D eigenvalue weighted by Gasteiger charge is 2.14. The lowest BCUT2D eigenvalue weighted by atomic mass is 9.87. The molecular formula is C16H23N. The van der Waals surface area contributed by atoms with Crippen molar-refractivity contribution in [2.45, 2.75) is 52.1 Å². The Labute approximate surface area is 106 Å². The van der Waals surface area contributed by atoms with Crippen molar-refractivity contribution in [1.29, 1.82) is 0 Å². The molecule has 0 aliphatic heterocycles. The Morgan fingerprint density at radius 2 is 1.59 bits per heavy atom. The lowest BCUT2D eigenvalue weighted by Gasteiger charge is -2.21. The van der Waals surface area contributed by atoms with Crippen LogP contribution in [-0.2, 0) is 12.0 Å². The normalized spacial score (nSPS) is 12.2. The summed E-state index contributed by atoms with van der Waals surface area (Å²) in [5, 5.41) is 3.35. The molecule has 0 amide bonds. The smallest absolute Gasteiger partial charge is 0.0743 e. The molecular weight excluding hydrogens is 206 g/mol. The number of hydrogen-bond donors (Lipinski definition) is 1. The first-order chi connectivity index (χ1) is 7.74. The zero-order valence-electron chi connectivity index (χ0n) is 11.6. The number of benzene rings is 1. The number of nitrogens with one attached hydrogen (secondary N) is 1. The molecule has 0 fully saturated rings. The maximum Gasteiger partial charge on any atom is 0.0743 e. The molecule has 0 aromatic heterocycles. The predicted molar refractivity (Wildman–Crippen MR) is 74.9 cm³/mol. The highest BCUT2D eigenvalue weighted by molar-refractivity contribution is 5.27. The molecule has 0 unspecified atom stereocenters. The maximum absolute atomic E-state index is 5.44. The molecule has 0 saturated heterocycles. The lowest BCUT2D eigenvalue weighted by Crippen LogP contribution is -2.36. The van der Waals surface area contributed by atoms with Crippen molar-refractivity contribution in [2.24, 2.45) is 0 Å². The standard InChI is InChI=1S/C16H23N/c1-7-16(5,6)17-12-13-8-10-14(11-9-13)15(2,3)4/h1,8-11,17H,12H2,2-6H3. The van der Waals surface area contributed by atoms with Crippen LogP contribution >= 0.6 is 0 Å². The third-order valence-electron chi connectivity index (χ3n) is 2.92. The monoisotopic (exact) mass is 229 g/mol. The fourth-order valence-electron chi connectivity index (χ4n) is 1.50. The molecule has 1 nitrogen and oxygen atoms in total. The van der Waals surface area contributed by atoms with Crippen LogP contribution in [-0.4, -0.2) is 5.54 Å².